The van der Waals surface area contributed by atoms with E-state index in [1.807, 2.05) is 19.1 Å². The number of carbonyl (C=O) groups is 1. The molecule has 0 saturated heterocycles. The van der Waals surface area contributed by atoms with Crippen molar-refractivity contribution in [1.29, 1.82) is 0 Å². The third-order valence-electron chi connectivity index (χ3n) is 4.74. The maximum atomic E-state index is 14.3. The Labute approximate surface area is 166 Å². The van der Waals surface area contributed by atoms with Gasteiger partial charge in [-0.2, -0.15) is 4.68 Å². The minimum absolute atomic E-state index is 0.272. The number of hydrogen-bond acceptors (Lipinski definition) is 4. The Hall–Kier alpha value is -3.81. The Morgan fingerprint density at radius 2 is 1.83 bits per heavy atom. The van der Waals surface area contributed by atoms with Gasteiger partial charge in [-0.3, -0.25) is 4.79 Å². The zero-order chi connectivity index (χ0) is 20.5. The molecule has 0 bridgehead atoms. The smallest absolute Gasteiger partial charge is 0.257 e. The van der Waals surface area contributed by atoms with Crippen molar-refractivity contribution in [3.05, 3.63) is 83.2 Å². The molecule has 0 unspecified atom stereocenters. The van der Waals surface area contributed by atoms with Gasteiger partial charge in [-0.1, -0.05) is 18.2 Å². The van der Waals surface area contributed by atoms with Crippen molar-refractivity contribution in [3.63, 3.8) is 0 Å². The number of rotatable bonds is 4. The van der Waals surface area contributed by atoms with Crippen molar-refractivity contribution in [2.45, 2.75) is 20.8 Å². The highest BCUT2D eigenvalue weighted by Crippen LogP contribution is 2.24. The molecule has 8 heteroatoms. The molecule has 146 valence electrons. The Morgan fingerprint density at radius 1 is 1.03 bits per heavy atom. The topological polar surface area (TPSA) is 77.6 Å². The molecule has 0 aliphatic rings. The summed E-state index contributed by atoms with van der Waals surface area (Å²) in [6, 6.07) is 15.5. The van der Waals surface area contributed by atoms with Gasteiger partial charge < -0.3 is 9.88 Å². The van der Waals surface area contributed by atoms with Gasteiger partial charge in [-0.15, -0.1) is 5.10 Å². The number of hydrogen-bond donors (Lipinski definition) is 1. The zero-order valence-electron chi connectivity index (χ0n) is 16.2. The fraction of sp³-hybridized carbons (Fsp3) is 0.143. The van der Waals surface area contributed by atoms with Gasteiger partial charge in [0.05, 0.1) is 16.9 Å². The first-order valence-corrected chi connectivity index (χ1v) is 9.06. The summed E-state index contributed by atoms with van der Waals surface area (Å²) in [5.41, 5.74) is 3.68. The molecule has 4 rings (SSSR count). The number of halogens is 1. The van der Waals surface area contributed by atoms with Crippen molar-refractivity contribution < 1.29 is 9.18 Å². The molecule has 0 aliphatic heterocycles. The van der Waals surface area contributed by atoms with Crippen LogP contribution in [0.25, 0.3) is 11.4 Å². The number of nitrogens with one attached hydrogen (secondary N) is 1. The lowest BCUT2D eigenvalue weighted by molar-refractivity contribution is 0.102. The standard InChI is InChI=1S/C21H19FN6O/c1-13-11-18(14(2)27(13)20-10-5-4-9-19(20)22)21(29)23-16-7-6-8-17(12-16)28-15(3)24-25-26-28/h4-12H,1-3H3,(H,23,29). The van der Waals surface area contributed by atoms with Gasteiger partial charge in [0, 0.05) is 17.1 Å². The van der Waals surface area contributed by atoms with Crippen LogP contribution in [0.5, 0.6) is 0 Å². The number of carbonyl (C=O) groups excluding carboxylic acids is 1. The van der Waals surface area contributed by atoms with E-state index < -0.39 is 0 Å². The van der Waals surface area contributed by atoms with Crippen LogP contribution in [-0.4, -0.2) is 30.7 Å². The highest BCUT2D eigenvalue weighted by Gasteiger charge is 2.18. The summed E-state index contributed by atoms with van der Waals surface area (Å²) in [6.45, 7) is 5.44. The number of tetrazole rings is 1. The molecule has 4 aromatic rings. The second-order valence-corrected chi connectivity index (χ2v) is 6.71. The van der Waals surface area contributed by atoms with Gasteiger partial charge in [-0.25, -0.2) is 4.39 Å². The van der Waals surface area contributed by atoms with E-state index in [0.29, 0.717) is 28.5 Å². The lowest BCUT2D eigenvalue weighted by Crippen LogP contribution is -2.13. The minimum Gasteiger partial charge on any atom is -0.322 e. The number of nitrogens with zero attached hydrogens (tertiary/aromatic N) is 5. The lowest BCUT2D eigenvalue weighted by atomic mass is 10.2. The maximum absolute atomic E-state index is 14.3. The number of amides is 1. The molecule has 0 spiro atoms. The van der Waals surface area contributed by atoms with Crippen LogP contribution in [0.1, 0.15) is 27.6 Å². The van der Waals surface area contributed by atoms with Crippen LogP contribution in [0, 0.1) is 26.6 Å². The highest BCUT2D eigenvalue weighted by molar-refractivity contribution is 6.05. The minimum atomic E-state index is -0.342. The molecule has 2 aromatic carbocycles. The van der Waals surface area contributed by atoms with E-state index in [1.165, 1.54) is 6.07 Å². The third-order valence-corrected chi connectivity index (χ3v) is 4.74. The lowest BCUT2D eigenvalue weighted by Gasteiger charge is -2.11. The van der Waals surface area contributed by atoms with E-state index in [2.05, 4.69) is 20.8 Å². The Balaban J connectivity index is 1.64. The van der Waals surface area contributed by atoms with Crippen LogP contribution in [0.3, 0.4) is 0 Å². The first kappa shape index (κ1) is 18.5. The number of aromatic nitrogens is 5. The quantitative estimate of drug-likeness (QED) is 0.575. The molecule has 29 heavy (non-hydrogen) atoms. The first-order chi connectivity index (χ1) is 14.0. The van der Waals surface area contributed by atoms with Crippen molar-refractivity contribution in [1.82, 2.24) is 24.8 Å². The summed E-state index contributed by atoms with van der Waals surface area (Å²) >= 11 is 0. The van der Waals surface area contributed by atoms with Crippen molar-refractivity contribution >= 4 is 11.6 Å². The van der Waals surface area contributed by atoms with Gasteiger partial charge in [0.15, 0.2) is 5.82 Å². The molecular formula is C21H19FN6O. The highest BCUT2D eigenvalue weighted by atomic mass is 19.1. The summed E-state index contributed by atoms with van der Waals surface area (Å²) in [6.07, 6.45) is 0. The van der Waals surface area contributed by atoms with E-state index in [9.17, 15) is 9.18 Å². The van der Waals surface area contributed by atoms with E-state index in [0.717, 1.165) is 11.4 Å². The molecule has 0 atom stereocenters. The molecule has 0 radical (unpaired) electrons. The van der Waals surface area contributed by atoms with Gasteiger partial charge in [0.2, 0.25) is 0 Å². The number of aryl methyl sites for hydroxylation is 2. The van der Waals surface area contributed by atoms with E-state index in [4.69, 9.17) is 0 Å². The van der Waals surface area contributed by atoms with Gasteiger partial charge in [0.1, 0.15) is 5.82 Å². The van der Waals surface area contributed by atoms with Gasteiger partial charge in [-0.05, 0) is 67.6 Å². The van der Waals surface area contributed by atoms with Crippen molar-refractivity contribution in [3.8, 4) is 11.4 Å². The largest absolute Gasteiger partial charge is 0.322 e. The summed E-state index contributed by atoms with van der Waals surface area (Å²) in [5, 5.41) is 14.3. The molecule has 0 fully saturated rings. The number of benzene rings is 2. The molecule has 0 aliphatic carbocycles. The number of para-hydroxylation sites is 1. The Bertz CT molecular complexity index is 1210. The normalized spacial score (nSPS) is 10.9. The number of anilines is 1. The van der Waals surface area contributed by atoms with Crippen LogP contribution >= 0.6 is 0 Å². The molecule has 2 aromatic heterocycles. The fourth-order valence-electron chi connectivity index (χ4n) is 3.38. The maximum Gasteiger partial charge on any atom is 0.257 e. The van der Waals surface area contributed by atoms with Crippen LogP contribution in [0.15, 0.2) is 54.6 Å². The van der Waals surface area contributed by atoms with E-state index in [1.54, 1.807) is 59.5 Å². The predicted octanol–water partition coefficient (Wildman–Crippen LogP) is 3.77. The first-order valence-electron chi connectivity index (χ1n) is 9.06. The SMILES string of the molecule is Cc1nnnn1-c1cccc(NC(=O)c2cc(C)n(-c3ccccc3F)c2C)c1. The monoisotopic (exact) mass is 390 g/mol. The van der Waals surface area contributed by atoms with Crippen LogP contribution < -0.4 is 5.32 Å². The second kappa shape index (κ2) is 7.31. The zero-order valence-corrected chi connectivity index (χ0v) is 16.2. The van der Waals surface area contributed by atoms with Crippen LogP contribution in [-0.2, 0) is 0 Å². The average molecular weight is 390 g/mol. The summed E-state index contributed by atoms with van der Waals surface area (Å²) in [7, 11) is 0. The Morgan fingerprint density at radius 3 is 2.55 bits per heavy atom. The van der Waals surface area contributed by atoms with Crippen molar-refractivity contribution in [2.75, 3.05) is 5.32 Å². The summed E-state index contributed by atoms with van der Waals surface area (Å²) in [4.78, 5) is 12.9. The molecule has 0 saturated carbocycles. The molecular weight excluding hydrogens is 371 g/mol. The van der Waals surface area contributed by atoms with Crippen LogP contribution in [0.2, 0.25) is 0 Å². The van der Waals surface area contributed by atoms with Crippen molar-refractivity contribution in [2.24, 2.45) is 0 Å². The summed E-state index contributed by atoms with van der Waals surface area (Å²) in [5.74, 6) is 0.0268. The van der Waals surface area contributed by atoms with Gasteiger partial charge in [0.25, 0.3) is 5.91 Å². The fourth-order valence-corrected chi connectivity index (χ4v) is 3.38. The van der Waals surface area contributed by atoms with E-state index in [-0.39, 0.29) is 11.7 Å². The Kier molecular flexibility index (Phi) is 4.67. The summed E-state index contributed by atoms with van der Waals surface area (Å²) < 4.78 is 17.6. The predicted molar refractivity (Wildman–Crippen MR) is 107 cm³/mol. The molecule has 7 nitrogen and oxygen atoms in total. The molecule has 1 amide bonds. The van der Waals surface area contributed by atoms with E-state index >= 15 is 0 Å². The third kappa shape index (κ3) is 3.40. The van der Waals surface area contributed by atoms with Gasteiger partial charge >= 0.3 is 0 Å². The van der Waals surface area contributed by atoms with Crippen LogP contribution in [0.4, 0.5) is 10.1 Å². The average Bonchev–Trinajstić information content (AvgIpc) is 3.25. The molecule has 1 N–H and O–H groups in total. The second-order valence-electron chi connectivity index (χ2n) is 6.71. The molecule has 2 heterocycles.